The number of carboxylic acid groups (broad SMARTS) is 2. The van der Waals surface area contributed by atoms with E-state index in [0.29, 0.717) is 0 Å². The largest absolute Gasteiger partial charge is 0.479 e. The first-order valence-corrected chi connectivity index (χ1v) is 20.4. The molecule has 0 spiro atoms. The van der Waals surface area contributed by atoms with E-state index in [9.17, 15) is 60.7 Å². The van der Waals surface area contributed by atoms with Crippen molar-refractivity contribution >= 4 is 11.9 Å². The van der Waals surface area contributed by atoms with Crippen molar-refractivity contribution in [3.63, 3.8) is 0 Å². The third-order valence-corrected chi connectivity index (χ3v) is 10.2. The molecule has 20 atom stereocenters. The van der Waals surface area contributed by atoms with E-state index in [4.69, 9.17) is 47.4 Å². The highest BCUT2D eigenvalue weighted by Crippen LogP contribution is 2.34. The molecule has 4 saturated heterocycles. The van der Waals surface area contributed by atoms with Crippen molar-refractivity contribution in [1.82, 2.24) is 10.6 Å². The van der Waals surface area contributed by atoms with E-state index in [1.807, 2.05) is 0 Å². The lowest BCUT2D eigenvalue weighted by molar-refractivity contribution is -0.348. The Bertz CT molecular complexity index is 1270. The molecule has 61 heavy (non-hydrogen) atoms. The lowest BCUT2D eigenvalue weighted by Crippen LogP contribution is -2.71. The summed E-state index contributed by atoms with van der Waals surface area (Å²) in [5.74, 6) is -3.17. The first-order chi connectivity index (χ1) is 28.6. The van der Waals surface area contributed by atoms with Crippen LogP contribution in [0.5, 0.6) is 0 Å². The minimum atomic E-state index is -1.92. The van der Waals surface area contributed by atoms with Gasteiger partial charge in [0.1, 0.15) is 73.2 Å². The van der Waals surface area contributed by atoms with Gasteiger partial charge in [-0.1, -0.05) is 0 Å². The lowest BCUT2D eigenvalue weighted by atomic mass is 9.94. The van der Waals surface area contributed by atoms with Gasteiger partial charge in [0, 0.05) is 6.67 Å². The number of hydrogen-bond acceptors (Lipinski definition) is 22. The average Bonchev–Trinajstić information content (AvgIpc) is 3.17. The second kappa shape index (κ2) is 22.9. The van der Waals surface area contributed by atoms with Gasteiger partial charge in [0.25, 0.3) is 0 Å². The number of carboxylic acids is 2. The maximum atomic E-state index is 12.4. The van der Waals surface area contributed by atoms with Crippen LogP contribution in [0.3, 0.4) is 0 Å². The van der Waals surface area contributed by atoms with Gasteiger partial charge in [-0.25, -0.2) is 9.59 Å². The second-order valence-electron chi connectivity index (χ2n) is 16.4. The zero-order chi connectivity index (χ0) is 45.6. The summed E-state index contributed by atoms with van der Waals surface area (Å²) in [5.41, 5.74) is 0. The van der Waals surface area contributed by atoms with Gasteiger partial charge >= 0.3 is 11.9 Å². The Labute approximate surface area is 352 Å². The molecule has 24 nitrogen and oxygen atoms in total. The van der Waals surface area contributed by atoms with E-state index in [1.54, 1.807) is 55.4 Å². The highest BCUT2D eigenvalue weighted by molar-refractivity contribution is 5.74. The molecule has 4 fully saturated rings. The van der Waals surface area contributed by atoms with Gasteiger partial charge in [0.2, 0.25) is 0 Å². The zero-order valence-electron chi connectivity index (χ0n) is 35.3. The van der Waals surface area contributed by atoms with E-state index in [-0.39, 0.29) is 6.67 Å². The van der Waals surface area contributed by atoms with Crippen molar-refractivity contribution in [3.8, 4) is 0 Å². The maximum absolute atomic E-state index is 12.4. The minimum Gasteiger partial charge on any atom is -0.479 e. The first kappa shape index (κ1) is 51.8. The summed E-state index contributed by atoms with van der Waals surface area (Å²) in [5, 5.41) is 113. The summed E-state index contributed by atoms with van der Waals surface area (Å²) in [4.78, 5) is 24.9. The molecular weight excluding hydrogens is 824 g/mol. The Morgan fingerprint density at radius 2 is 0.803 bits per heavy atom. The molecule has 4 aliphatic rings. The van der Waals surface area contributed by atoms with Crippen molar-refractivity contribution in [1.29, 1.82) is 0 Å². The zero-order valence-corrected chi connectivity index (χ0v) is 35.3. The molecule has 356 valence electrons. The van der Waals surface area contributed by atoms with Crippen LogP contribution < -0.4 is 10.6 Å². The van der Waals surface area contributed by atoms with E-state index < -0.39 is 172 Å². The van der Waals surface area contributed by atoms with Crippen molar-refractivity contribution in [2.75, 3.05) is 19.9 Å². The van der Waals surface area contributed by atoms with Crippen LogP contribution in [0.25, 0.3) is 0 Å². The highest BCUT2D eigenvalue weighted by atomic mass is 16.8. The molecule has 24 heteroatoms. The third-order valence-electron chi connectivity index (χ3n) is 10.2. The average molecular weight is 891 g/mol. The summed E-state index contributed by atoms with van der Waals surface area (Å²) in [6, 6.07) is -2.59. The van der Waals surface area contributed by atoms with Crippen LogP contribution >= 0.6 is 0 Å². The van der Waals surface area contributed by atoms with Gasteiger partial charge in [0.05, 0.1) is 49.7 Å². The number of aliphatic hydroxyl groups is 8. The number of hydrogen-bond donors (Lipinski definition) is 12. The summed E-state index contributed by atoms with van der Waals surface area (Å²) in [6.45, 7) is 11.1. The quantitative estimate of drug-likeness (QED) is 0.0511. The predicted octanol–water partition coefficient (Wildman–Crippen LogP) is -4.71. The number of aliphatic carboxylic acids is 2. The SMILES string of the molecule is CC(C)OC1OC(C(=O)O)C(OC2OC(CO)C(O)C(OC(C)C)C2NCNC2C(OC3C(C(=O)O)OC(OC(C)C)C(O)C3O)OC(CO)C(O)C2OC(C)C)C(O)C1O. The van der Waals surface area contributed by atoms with Crippen LogP contribution in [0.1, 0.15) is 55.4 Å². The fraction of sp³-hybridized carbons (Fsp3) is 0.946. The smallest absolute Gasteiger partial charge is 0.335 e. The number of aliphatic hydroxyl groups excluding tert-OH is 8. The molecule has 0 aromatic rings. The van der Waals surface area contributed by atoms with Gasteiger partial charge in [0.15, 0.2) is 37.4 Å². The van der Waals surface area contributed by atoms with Gasteiger partial charge in [-0.3, -0.25) is 10.6 Å². The molecule has 0 amide bonds. The maximum Gasteiger partial charge on any atom is 0.335 e. The molecule has 0 radical (unpaired) electrons. The van der Waals surface area contributed by atoms with E-state index in [0.717, 1.165) is 0 Å². The summed E-state index contributed by atoms with van der Waals surface area (Å²) >= 11 is 0. The third kappa shape index (κ3) is 12.7. The Balaban J connectivity index is 1.67. The number of carbonyl (C=O) groups is 2. The van der Waals surface area contributed by atoms with E-state index >= 15 is 0 Å². The topological polar surface area (TPSA) is 353 Å². The second-order valence-corrected chi connectivity index (χ2v) is 16.4. The number of rotatable bonds is 20. The Kier molecular flexibility index (Phi) is 19.4. The van der Waals surface area contributed by atoms with Gasteiger partial charge < -0.3 is 98.4 Å². The monoisotopic (exact) mass is 890 g/mol. The van der Waals surface area contributed by atoms with Crippen molar-refractivity contribution in [3.05, 3.63) is 0 Å². The first-order valence-electron chi connectivity index (χ1n) is 20.4. The van der Waals surface area contributed by atoms with Crippen LogP contribution in [-0.2, 0) is 57.0 Å². The molecule has 12 N–H and O–H groups in total. The van der Waals surface area contributed by atoms with Crippen molar-refractivity contribution in [2.24, 2.45) is 0 Å². The van der Waals surface area contributed by atoms with Gasteiger partial charge in [-0.2, -0.15) is 0 Å². The highest BCUT2D eigenvalue weighted by Gasteiger charge is 2.56. The van der Waals surface area contributed by atoms with Crippen molar-refractivity contribution < 1.29 is 108 Å². The van der Waals surface area contributed by atoms with Crippen LogP contribution in [0, 0.1) is 0 Å². The molecule has 4 rings (SSSR count). The molecule has 20 unspecified atom stereocenters. The fourth-order valence-electron chi connectivity index (χ4n) is 7.49. The molecule has 4 aliphatic heterocycles. The van der Waals surface area contributed by atoms with Gasteiger partial charge in [-0.05, 0) is 55.4 Å². The number of ether oxygens (including phenoxy) is 10. The van der Waals surface area contributed by atoms with Crippen LogP contribution in [0.4, 0.5) is 0 Å². The van der Waals surface area contributed by atoms with Crippen LogP contribution in [0.2, 0.25) is 0 Å². The number of nitrogens with one attached hydrogen (secondary N) is 2. The summed E-state index contributed by atoms with van der Waals surface area (Å²) < 4.78 is 58.0. The van der Waals surface area contributed by atoms with Crippen LogP contribution in [-0.4, -0.2) is 230 Å². The van der Waals surface area contributed by atoms with Crippen LogP contribution in [0.15, 0.2) is 0 Å². The predicted molar refractivity (Wildman–Crippen MR) is 201 cm³/mol. The Hall–Kier alpha value is -1.86. The van der Waals surface area contributed by atoms with Gasteiger partial charge in [-0.15, -0.1) is 0 Å². The molecule has 4 heterocycles. The molecule has 0 aromatic carbocycles. The minimum absolute atomic E-state index is 0.386. The lowest BCUT2D eigenvalue weighted by Gasteiger charge is -2.49. The Morgan fingerprint density at radius 3 is 1.08 bits per heavy atom. The standard InChI is InChI=1S/C37H66N2O22/c1-12(2)52-26-18(34(56-16(9-40)20(26)42)58-28-22(44)24(46)36(54-14(5)6)60-30(28)32(48)49)38-11-39-19-27(53-13(3)4)21(43)17(10-41)57-35(19)59-29-23(45)25(47)37(55-15(7)8)61-31(29)33(50)51/h12-31,34-47H,9-11H2,1-8H3,(H,48,49)(H,50,51). The molecular formula is C37H66N2O22. The fourth-order valence-corrected chi connectivity index (χ4v) is 7.49. The molecule has 0 aromatic heterocycles. The summed E-state index contributed by atoms with van der Waals surface area (Å²) in [7, 11) is 0. The molecule has 0 bridgehead atoms. The molecule has 0 aliphatic carbocycles. The summed E-state index contributed by atoms with van der Waals surface area (Å²) in [6.07, 6.45) is -31.8. The van der Waals surface area contributed by atoms with E-state index in [1.165, 1.54) is 0 Å². The Morgan fingerprint density at radius 1 is 0.475 bits per heavy atom. The normalized spacial score (nSPS) is 42.4. The van der Waals surface area contributed by atoms with E-state index in [2.05, 4.69) is 10.6 Å². The molecule has 0 saturated carbocycles. The van der Waals surface area contributed by atoms with Crippen molar-refractivity contribution in [2.45, 2.75) is 203 Å².